The van der Waals surface area contributed by atoms with Crippen LogP contribution in [-0.2, 0) is 6.42 Å². The fourth-order valence-electron chi connectivity index (χ4n) is 2.11. The quantitative estimate of drug-likeness (QED) is 0.772. The van der Waals surface area contributed by atoms with E-state index >= 15 is 0 Å². The third kappa shape index (κ3) is 2.67. The van der Waals surface area contributed by atoms with Crippen LogP contribution in [0, 0.1) is 0 Å². The number of furan rings is 2. The average molecular weight is 276 g/mol. The summed E-state index contributed by atoms with van der Waals surface area (Å²) in [6.45, 7) is 0. The van der Waals surface area contributed by atoms with Crippen LogP contribution < -0.4 is 5.73 Å². The maximum absolute atomic E-state index is 6.15. The number of hydrogen-bond donors (Lipinski definition) is 1. The summed E-state index contributed by atoms with van der Waals surface area (Å²) in [5, 5.41) is 1.68. The molecule has 0 aliphatic heterocycles. The van der Waals surface area contributed by atoms with E-state index in [-0.39, 0.29) is 6.04 Å². The van der Waals surface area contributed by atoms with Gasteiger partial charge in [0, 0.05) is 16.8 Å². The van der Waals surface area contributed by atoms with Crippen LogP contribution in [-0.4, -0.2) is 0 Å². The van der Waals surface area contributed by atoms with Gasteiger partial charge in [-0.3, -0.25) is 0 Å². The lowest BCUT2D eigenvalue weighted by Gasteiger charge is -2.06. The molecule has 1 atom stereocenters. The van der Waals surface area contributed by atoms with E-state index in [1.807, 2.05) is 36.4 Å². The number of benzene rings is 1. The summed E-state index contributed by atoms with van der Waals surface area (Å²) in [6, 6.07) is 11.2. The smallest absolute Gasteiger partial charge is 0.134 e. The summed E-state index contributed by atoms with van der Waals surface area (Å²) >= 11 is 5.95. The first-order valence-corrected chi connectivity index (χ1v) is 6.57. The van der Waals surface area contributed by atoms with Crippen molar-refractivity contribution in [3.05, 3.63) is 59.2 Å². The molecule has 0 fully saturated rings. The van der Waals surface area contributed by atoms with E-state index in [1.54, 1.807) is 6.26 Å². The zero-order valence-corrected chi connectivity index (χ0v) is 11.1. The molecule has 0 bridgehead atoms. The van der Waals surface area contributed by atoms with Gasteiger partial charge >= 0.3 is 0 Å². The Hall–Kier alpha value is -1.71. The third-order valence-electron chi connectivity index (χ3n) is 3.14. The summed E-state index contributed by atoms with van der Waals surface area (Å²) < 4.78 is 11.0. The monoisotopic (exact) mass is 275 g/mol. The van der Waals surface area contributed by atoms with E-state index in [9.17, 15) is 0 Å². The van der Waals surface area contributed by atoms with Gasteiger partial charge in [-0.2, -0.15) is 0 Å². The molecule has 4 heteroatoms. The molecule has 0 saturated heterocycles. The molecule has 0 saturated carbocycles. The predicted molar refractivity (Wildman–Crippen MR) is 75.2 cm³/mol. The maximum Gasteiger partial charge on any atom is 0.134 e. The van der Waals surface area contributed by atoms with Gasteiger partial charge in [0.1, 0.15) is 17.1 Å². The molecule has 98 valence electrons. The summed E-state index contributed by atoms with van der Waals surface area (Å²) in [6.07, 6.45) is 3.25. The first-order chi connectivity index (χ1) is 9.22. The van der Waals surface area contributed by atoms with Gasteiger partial charge in [0.25, 0.3) is 0 Å². The molecule has 3 rings (SSSR count). The molecule has 2 aromatic heterocycles. The van der Waals surface area contributed by atoms with Crippen molar-refractivity contribution in [1.82, 2.24) is 0 Å². The molecule has 0 aliphatic rings. The second kappa shape index (κ2) is 5.11. The Balaban J connectivity index is 1.75. The average Bonchev–Trinajstić information content (AvgIpc) is 3.04. The van der Waals surface area contributed by atoms with Gasteiger partial charge in [0.2, 0.25) is 0 Å². The highest BCUT2D eigenvalue weighted by molar-refractivity contribution is 6.31. The summed E-state index contributed by atoms with van der Waals surface area (Å²) in [7, 11) is 0. The Morgan fingerprint density at radius 2 is 2.11 bits per heavy atom. The molecule has 3 aromatic rings. The van der Waals surface area contributed by atoms with Crippen molar-refractivity contribution in [2.24, 2.45) is 5.73 Å². The van der Waals surface area contributed by atoms with Gasteiger partial charge in [0.05, 0.1) is 12.3 Å². The minimum absolute atomic E-state index is 0.142. The van der Waals surface area contributed by atoms with Crippen LogP contribution in [0.5, 0.6) is 0 Å². The maximum atomic E-state index is 6.15. The van der Waals surface area contributed by atoms with E-state index in [1.165, 1.54) is 0 Å². The molecular weight excluding hydrogens is 262 g/mol. The van der Waals surface area contributed by atoms with Crippen LogP contribution in [0.15, 0.2) is 51.5 Å². The van der Waals surface area contributed by atoms with Gasteiger partial charge in [-0.05, 0) is 42.8 Å². The van der Waals surface area contributed by atoms with Crippen LogP contribution in [0.3, 0.4) is 0 Å². The highest BCUT2D eigenvalue weighted by atomic mass is 35.5. The van der Waals surface area contributed by atoms with E-state index < -0.39 is 0 Å². The fourth-order valence-corrected chi connectivity index (χ4v) is 2.29. The molecule has 1 unspecified atom stereocenters. The number of fused-ring (bicyclic) bond motifs is 1. The van der Waals surface area contributed by atoms with E-state index in [4.69, 9.17) is 26.2 Å². The predicted octanol–water partition coefficient (Wildman–Crippen LogP) is 4.31. The molecule has 2 N–H and O–H groups in total. The minimum atomic E-state index is -0.142. The molecule has 0 radical (unpaired) electrons. The van der Waals surface area contributed by atoms with Crippen molar-refractivity contribution in [2.45, 2.75) is 18.9 Å². The molecule has 3 nitrogen and oxygen atoms in total. The molecule has 2 heterocycles. The molecule has 0 amide bonds. The van der Waals surface area contributed by atoms with Gasteiger partial charge in [-0.25, -0.2) is 0 Å². The summed E-state index contributed by atoms with van der Waals surface area (Å²) in [5.41, 5.74) is 6.96. The van der Waals surface area contributed by atoms with Gasteiger partial charge < -0.3 is 14.6 Å². The van der Waals surface area contributed by atoms with Crippen molar-refractivity contribution in [3.8, 4) is 0 Å². The number of nitrogens with two attached hydrogens (primary N) is 1. The van der Waals surface area contributed by atoms with Crippen LogP contribution in [0.25, 0.3) is 11.0 Å². The Morgan fingerprint density at radius 3 is 2.89 bits per heavy atom. The number of halogens is 1. The molecule has 0 spiro atoms. The lowest BCUT2D eigenvalue weighted by atomic mass is 10.1. The summed E-state index contributed by atoms with van der Waals surface area (Å²) in [4.78, 5) is 0. The Morgan fingerprint density at radius 1 is 1.21 bits per heavy atom. The van der Waals surface area contributed by atoms with Gasteiger partial charge in [0.15, 0.2) is 0 Å². The molecular formula is C15H14ClNO2. The Labute approximate surface area is 115 Å². The van der Waals surface area contributed by atoms with Crippen LogP contribution >= 0.6 is 11.6 Å². The highest BCUT2D eigenvalue weighted by Crippen LogP contribution is 2.27. The van der Waals surface area contributed by atoms with Crippen molar-refractivity contribution in [1.29, 1.82) is 0 Å². The van der Waals surface area contributed by atoms with Crippen molar-refractivity contribution in [2.75, 3.05) is 0 Å². The second-order valence-corrected chi connectivity index (χ2v) is 4.99. The first-order valence-electron chi connectivity index (χ1n) is 6.19. The van der Waals surface area contributed by atoms with E-state index in [0.717, 1.165) is 35.3 Å². The molecule has 19 heavy (non-hydrogen) atoms. The number of aryl methyl sites for hydroxylation is 1. The van der Waals surface area contributed by atoms with Gasteiger partial charge in [-0.1, -0.05) is 11.6 Å². The van der Waals surface area contributed by atoms with Crippen LogP contribution in [0.2, 0.25) is 5.02 Å². The SMILES string of the molecule is NC(CCc1ccco1)c1cc2cc(Cl)ccc2o1. The standard InChI is InChI=1S/C15H14ClNO2/c16-11-3-6-14-10(8-11)9-15(19-14)13(17)5-4-12-2-1-7-18-12/h1-3,6-9,13H,4-5,17H2. The minimum Gasteiger partial charge on any atom is -0.469 e. The Kier molecular flexibility index (Phi) is 3.32. The van der Waals surface area contributed by atoms with Crippen molar-refractivity contribution >= 4 is 22.6 Å². The topological polar surface area (TPSA) is 52.3 Å². The molecule has 0 aliphatic carbocycles. The van der Waals surface area contributed by atoms with Crippen LogP contribution in [0.1, 0.15) is 24.0 Å². The fraction of sp³-hybridized carbons (Fsp3) is 0.200. The van der Waals surface area contributed by atoms with Crippen molar-refractivity contribution in [3.63, 3.8) is 0 Å². The lowest BCUT2D eigenvalue weighted by molar-refractivity contribution is 0.450. The summed E-state index contributed by atoms with van der Waals surface area (Å²) in [5.74, 6) is 1.72. The third-order valence-corrected chi connectivity index (χ3v) is 3.38. The van der Waals surface area contributed by atoms with Crippen molar-refractivity contribution < 1.29 is 8.83 Å². The van der Waals surface area contributed by atoms with E-state index in [2.05, 4.69) is 0 Å². The van der Waals surface area contributed by atoms with Gasteiger partial charge in [-0.15, -0.1) is 0 Å². The molecule has 1 aromatic carbocycles. The highest BCUT2D eigenvalue weighted by Gasteiger charge is 2.13. The zero-order valence-electron chi connectivity index (χ0n) is 10.3. The van der Waals surface area contributed by atoms with Crippen LogP contribution in [0.4, 0.5) is 0 Å². The largest absolute Gasteiger partial charge is 0.469 e. The Bertz CT molecular complexity index is 673. The normalized spacial score (nSPS) is 12.9. The second-order valence-electron chi connectivity index (χ2n) is 4.56. The first kappa shape index (κ1) is 12.3. The number of rotatable bonds is 4. The zero-order chi connectivity index (χ0) is 13.2. The number of hydrogen-bond acceptors (Lipinski definition) is 3. The van der Waals surface area contributed by atoms with E-state index in [0.29, 0.717) is 5.02 Å². The lowest BCUT2D eigenvalue weighted by Crippen LogP contribution is -2.10.